The molecule has 3 heterocycles. The van der Waals surface area contributed by atoms with Gasteiger partial charge in [0, 0.05) is 16.6 Å². The van der Waals surface area contributed by atoms with Crippen LogP contribution in [0.5, 0.6) is 0 Å². The lowest BCUT2D eigenvalue weighted by molar-refractivity contribution is -0.0293. The van der Waals surface area contributed by atoms with Crippen LogP contribution in [0.3, 0.4) is 0 Å². The van der Waals surface area contributed by atoms with Gasteiger partial charge in [0.05, 0.1) is 75.3 Å². The standard InChI is InChI=1S/C29H18Cl3FN8O/c30-18-7-20-27(37-22-5-4-21(31)25(32)26(22)33)17(10-35)11-36-29(20)23(8-18)38-28(16-3-1-2-15(6-16)9-34)24-12-41(40-39-24)19-13-42-14-19/h1-8,11-12,19,28,38H,13-14H2,(H,36,37)/t28-/m0/s1. The number of halogens is 4. The maximum absolute atomic E-state index is 15.0. The number of fused-ring (bicyclic) bond motifs is 1. The summed E-state index contributed by atoms with van der Waals surface area (Å²) in [5.74, 6) is -0.768. The summed E-state index contributed by atoms with van der Waals surface area (Å²) >= 11 is 18.6. The van der Waals surface area contributed by atoms with E-state index in [2.05, 4.69) is 38.1 Å². The molecule has 1 atom stereocenters. The van der Waals surface area contributed by atoms with E-state index in [0.717, 1.165) is 5.56 Å². The van der Waals surface area contributed by atoms with E-state index in [1.165, 1.54) is 18.3 Å². The Hall–Kier alpha value is -4.45. The van der Waals surface area contributed by atoms with Gasteiger partial charge in [-0.3, -0.25) is 4.98 Å². The first kappa shape index (κ1) is 27.7. The van der Waals surface area contributed by atoms with Crippen molar-refractivity contribution < 1.29 is 9.13 Å². The second kappa shape index (κ2) is 11.4. The summed E-state index contributed by atoms with van der Waals surface area (Å²) in [5.41, 5.74) is 3.23. The van der Waals surface area contributed by atoms with Crippen molar-refractivity contribution in [1.82, 2.24) is 20.0 Å². The third-order valence-corrected chi connectivity index (χ3v) is 7.82. The molecular formula is C29H18Cl3FN8O. The summed E-state index contributed by atoms with van der Waals surface area (Å²) in [6.07, 6.45) is 3.22. The Balaban J connectivity index is 1.47. The lowest BCUT2D eigenvalue weighted by atomic mass is 10.0. The fourth-order valence-electron chi connectivity index (χ4n) is 4.60. The molecule has 1 aliphatic rings. The van der Waals surface area contributed by atoms with Crippen LogP contribution < -0.4 is 10.6 Å². The van der Waals surface area contributed by atoms with E-state index in [-0.39, 0.29) is 33.0 Å². The van der Waals surface area contributed by atoms with E-state index in [1.807, 2.05) is 12.3 Å². The van der Waals surface area contributed by atoms with Crippen molar-refractivity contribution in [2.24, 2.45) is 0 Å². The van der Waals surface area contributed by atoms with Crippen molar-refractivity contribution in [2.75, 3.05) is 23.8 Å². The summed E-state index contributed by atoms with van der Waals surface area (Å²) in [5, 5.41) is 35.1. The number of benzene rings is 3. The highest BCUT2D eigenvalue weighted by molar-refractivity contribution is 6.42. The molecule has 0 radical (unpaired) electrons. The first-order valence-corrected chi connectivity index (χ1v) is 13.7. The number of anilines is 3. The molecule has 208 valence electrons. The van der Waals surface area contributed by atoms with Crippen molar-refractivity contribution in [3.8, 4) is 12.1 Å². The van der Waals surface area contributed by atoms with Crippen LogP contribution in [0, 0.1) is 28.5 Å². The predicted molar refractivity (Wildman–Crippen MR) is 158 cm³/mol. The zero-order valence-electron chi connectivity index (χ0n) is 21.4. The molecule has 2 aromatic heterocycles. The van der Waals surface area contributed by atoms with E-state index in [0.29, 0.717) is 46.1 Å². The largest absolute Gasteiger partial charge is 0.377 e. The zero-order valence-corrected chi connectivity index (χ0v) is 23.7. The Labute approximate surface area is 254 Å². The lowest BCUT2D eigenvalue weighted by Gasteiger charge is -2.25. The quantitative estimate of drug-likeness (QED) is 0.184. The Bertz CT molecular complexity index is 1930. The molecule has 6 rings (SSSR count). The summed E-state index contributed by atoms with van der Waals surface area (Å²) in [6.45, 7) is 1.09. The van der Waals surface area contributed by atoms with Gasteiger partial charge in [0.1, 0.15) is 17.8 Å². The summed E-state index contributed by atoms with van der Waals surface area (Å²) in [7, 11) is 0. The molecule has 3 aromatic carbocycles. The highest BCUT2D eigenvalue weighted by Crippen LogP contribution is 2.39. The molecule has 0 unspecified atom stereocenters. The van der Waals surface area contributed by atoms with Gasteiger partial charge < -0.3 is 15.4 Å². The van der Waals surface area contributed by atoms with Gasteiger partial charge in [0.2, 0.25) is 0 Å². The number of hydrogen-bond donors (Lipinski definition) is 2. The second-order valence-corrected chi connectivity index (χ2v) is 10.7. The topological polar surface area (TPSA) is 124 Å². The number of aromatic nitrogens is 4. The van der Waals surface area contributed by atoms with Crippen LogP contribution in [0.4, 0.5) is 21.5 Å². The highest BCUT2D eigenvalue weighted by atomic mass is 35.5. The van der Waals surface area contributed by atoms with E-state index >= 15 is 0 Å². The molecular weight excluding hydrogens is 602 g/mol. The third kappa shape index (κ3) is 5.18. The maximum atomic E-state index is 15.0. The van der Waals surface area contributed by atoms with Crippen molar-refractivity contribution in [1.29, 1.82) is 10.5 Å². The minimum atomic E-state index is -0.768. The molecule has 42 heavy (non-hydrogen) atoms. The summed E-state index contributed by atoms with van der Waals surface area (Å²) in [4.78, 5) is 4.54. The molecule has 0 aliphatic carbocycles. The predicted octanol–water partition coefficient (Wildman–Crippen LogP) is 7.19. The van der Waals surface area contributed by atoms with E-state index in [1.54, 1.807) is 35.0 Å². The number of pyridine rings is 1. The lowest BCUT2D eigenvalue weighted by Crippen LogP contribution is -2.31. The SMILES string of the molecule is N#Cc1cccc([C@H](Nc2cc(Cl)cc3c(Nc4ccc(Cl)c(Cl)c4F)c(C#N)cnc23)c2cn(C3COC3)nn2)c1. The van der Waals surface area contributed by atoms with E-state index < -0.39 is 11.9 Å². The minimum Gasteiger partial charge on any atom is -0.377 e. The van der Waals surface area contributed by atoms with E-state index in [9.17, 15) is 14.9 Å². The van der Waals surface area contributed by atoms with Crippen LogP contribution in [0.1, 0.15) is 34.5 Å². The van der Waals surface area contributed by atoms with Crippen molar-refractivity contribution in [2.45, 2.75) is 12.1 Å². The number of rotatable bonds is 7. The van der Waals surface area contributed by atoms with Crippen LogP contribution in [0.15, 0.2) is 60.9 Å². The Morgan fingerprint density at radius 2 is 1.88 bits per heavy atom. The fraction of sp³-hybridized carbons (Fsp3) is 0.138. The van der Waals surface area contributed by atoms with Crippen LogP contribution in [0.2, 0.25) is 15.1 Å². The molecule has 5 aromatic rings. The normalized spacial score (nSPS) is 13.7. The Kier molecular flexibility index (Phi) is 7.55. The number of nitrogens with one attached hydrogen (secondary N) is 2. The first-order chi connectivity index (χ1) is 20.4. The van der Waals surface area contributed by atoms with Gasteiger partial charge in [-0.1, -0.05) is 52.1 Å². The van der Waals surface area contributed by atoms with Crippen LogP contribution in [0.25, 0.3) is 10.9 Å². The van der Waals surface area contributed by atoms with Gasteiger partial charge in [-0.2, -0.15) is 10.5 Å². The van der Waals surface area contributed by atoms with Gasteiger partial charge in [-0.25, -0.2) is 9.07 Å². The number of nitriles is 2. The molecule has 13 heteroatoms. The summed E-state index contributed by atoms with van der Waals surface area (Å²) < 4.78 is 22.0. The first-order valence-electron chi connectivity index (χ1n) is 12.5. The van der Waals surface area contributed by atoms with Gasteiger partial charge in [0.15, 0.2) is 5.82 Å². The molecule has 0 saturated carbocycles. The van der Waals surface area contributed by atoms with Crippen molar-refractivity contribution >= 4 is 62.8 Å². The van der Waals surface area contributed by atoms with Crippen molar-refractivity contribution in [3.05, 3.63) is 104 Å². The fourth-order valence-corrected chi connectivity index (χ4v) is 5.13. The molecule has 0 spiro atoms. The summed E-state index contributed by atoms with van der Waals surface area (Å²) in [6, 6.07) is 17.1. The maximum Gasteiger partial charge on any atom is 0.166 e. The highest BCUT2D eigenvalue weighted by Gasteiger charge is 2.26. The smallest absolute Gasteiger partial charge is 0.166 e. The number of hydrogen-bond acceptors (Lipinski definition) is 8. The van der Waals surface area contributed by atoms with Crippen LogP contribution in [-0.4, -0.2) is 33.2 Å². The monoisotopic (exact) mass is 618 g/mol. The van der Waals surface area contributed by atoms with Gasteiger partial charge in [-0.05, 0) is 42.0 Å². The second-order valence-electron chi connectivity index (χ2n) is 9.49. The van der Waals surface area contributed by atoms with E-state index in [4.69, 9.17) is 39.5 Å². The average molecular weight is 620 g/mol. The average Bonchev–Trinajstić information content (AvgIpc) is 3.44. The Morgan fingerprint density at radius 3 is 2.62 bits per heavy atom. The van der Waals surface area contributed by atoms with Crippen LogP contribution >= 0.6 is 34.8 Å². The Morgan fingerprint density at radius 1 is 1.05 bits per heavy atom. The zero-order chi connectivity index (χ0) is 29.4. The van der Waals surface area contributed by atoms with Gasteiger partial charge in [-0.15, -0.1) is 5.10 Å². The minimum absolute atomic E-state index is 0.0191. The third-order valence-electron chi connectivity index (χ3n) is 6.82. The van der Waals surface area contributed by atoms with Gasteiger partial charge >= 0.3 is 0 Å². The molecule has 9 nitrogen and oxygen atoms in total. The number of nitrogens with zero attached hydrogens (tertiary/aromatic N) is 6. The number of ether oxygens (including phenoxy) is 1. The molecule has 1 fully saturated rings. The molecule has 1 saturated heterocycles. The molecule has 1 aliphatic heterocycles. The molecule has 0 bridgehead atoms. The van der Waals surface area contributed by atoms with Crippen molar-refractivity contribution in [3.63, 3.8) is 0 Å². The molecule has 2 N–H and O–H groups in total. The van der Waals surface area contributed by atoms with Crippen LogP contribution in [-0.2, 0) is 4.74 Å². The molecule has 0 amide bonds. The van der Waals surface area contributed by atoms with Gasteiger partial charge in [0.25, 0.3) is 0 Å².